The summed E-state index contributed by atoms with van der Waals surface area (Å²) in [5, 5.41) is 0. The van der Waals surface area contributed by atoms with Crippen molar-refractivity contribution in [2.24, 2.45) is 0 Å². The highest BCUT2D eigenvalue weighted by molar-refractivity contribution is 5.76. The third-order valence-corrected chi connectivity index (χ3v) is 12.2. The number of fused-ring (bicyclic) bond motifs is 2. The number of rotatable bonds is 6. The minimum Gasteiger partial charge on any atom is -0.251 e. The van der Waals surface area contributed by atoms with Crippen LogP contribution in [-0.2, 0) is 10.8 Å². The number of aromatic nitrogens is 2. The lowest BCUT2D eigenvalue weighted by molar-refractivity contribution is 0.546. The summed E-state index contributed by atoms with van der Waals surface area (Å²) in [5.74, 6) is 0. The molecule has 2 heteroatoms. The van der Waals surface area contributed by atoms with Gasteiger partial charge in [0.2, 0.25) is 0 Å². The molecule has 0 saturated carbocycles. The summed E-state index contributed by atoms with van der Waals surface area (Å²) in [6.07, 6.45) is 0. The Balaban J connectivity index is 1.23. The first kappa shape index (κ1) is 35.3. The Morgan fingerprint density at radius 3 is 1.02 bits per heavy atom. The van der Waals surface area contributed by atoms with Crippen LogP contribution in [0.15, 0.2) is 170 Å². The van der Waals surface area contributed by atoms with Crippen LogP contribution in [0.25, 0.3) is 44.8 Å². The van der Waals surface area contributed by atoms with Gasteiger partial charge in [-0.1, -0.05) is 159 Å². The number of hydrogen-bond donors (Lipinski definition) is 0. The van der Waals surface area contributed by atoms with Crippen molar-refractivity contribution in [2.45, 2.75) is 52.4 Å². The van der Waals surface area contributed by atoms with E-state index >= 15 is 0 Å². The van der Waals surface area contributed by atoms with Crippen molar-refractivity contribution in [1.82, 2.24) is 9.97 Å². The van der Waals surface area contributed by atoms with Crippen LogP contribution in [0.4, 0.5) is 0 Å². The van der Waals surface area contributed by atoms with Crippen molar-refractivity contribution in [1.29, 1.82) is 0 Å². The smallest absolute Gasteiger partial charge is 0.105 e. The molecule has 272 valence electrons. The minimum absolute atomic E-state index is 0.223. The lowest BCUT2D eigenvalue weighted by Crippen LogP contribution is -2.43. The topological polar surface area (TPSA) is 25.8 Å². The summed E-state index contributed by atoms with van der Waals surface area (Å²) < 4.78 is 0. The van der Waals surface area contributed by atoms with Gasteiger partial charge in [-0.2, -0.15) is 0 Å². The van der Waals surface area contributed by atoms with Gasteiger partial charge in [-0.25, -0.2) is 0 Å². The highest BCUT2D eigenvalue weighted by Crippen LogP contribution is 2.55. The zero-order chi connectivity index (χ0) is 38.6. The van der Waals surface area contributed by atoms with E-state index in [4.69, 9.17) is 9.97 Å². The van der Waals surface area contributed by atoms with E-state index in [-0.39, 0.29) is 5.41 Å². The highest BCUT2D eigenvalue weighted by atomic mass is 14.8. The quantitative estimate of drug-likeness (QED) is 0.171. The van der Waals surface area contributed by atoms with Gasteiger partial charge in [0.05, 0.1) is 22.8 Å². The van der Waals surface area contributed by atoms with E-state index < -0.39 is 5.41 Å². The molecule has 0 fully saturated rings. The Labute approximate surface area is 331 Å². The molecule has 2 nitrogen and oxygen atoms in total. The molecule has 0 N–H and O–H groups in total. The molecule has 8 aromatic rings. The molecule has 0 saturated heterocycles. The standard InChI is InChI=1S/C54H46N2/c1-35-15-11-16-36(2)51(35)41-31-27-39(28-32-41)47-23-13-25-49(55-47)54(45-21-9-7-19-43(45)53(5,6)44-20-8-10-22-46(44)54)50-26-14-24-48(56-50)40-29-33-42(34-30-40)52-37(3)17-12-18-38(52)4/h7-34H,1-6H3. The molecule has 1 aliphatic carbocycles. The molecule has 0 aliphatic heterocycles. The molecular weight excluding hydrogens is 677 g/mol. The summed E-state index contributed by atoms with van der Waals surface area (Å²) in [4.78, 5) is 11.2. The average molecular weight is 723 g/mol. The van der Waals surface area contributed by atoms with Crippen LogP contribution in [-0.4, -0.2) is 9.97 Å². The molecule has 56 heavy (non-hydrogen) atoms. The maximum atomic E-state index is 5.62. The fraction of sp³-hybridized carbons (Fsp3) is 0.148. The predicted octanol–water partition coefficient (Wildman–Crippen LogP) is 13.4. The SMILES string of the molecule is Cc1cccc(C)c1-c1ccc(-c2cccc(C3(c4cccc(-c5ccc(-c6c(C)cccc6C)cc5)n4)c4ccccc4C(C)(C)c4ccccc43)n2)cc1. The summed E-state index contributed by atoms with van der Waals surface area (Å²) in [5.41, 5.74) is 20.1. The largest absolute Gasteiger partial charge is 0.251 e. The maximum Gasteiger partial charge on any atom is 0.105 e. The summed E-state index contributed by atoms with van der Waals surface area (Å²) in [6, 6.07) is 61.7. The monoisotopic (exact) mass is 722 g/mol. The van der Waals surface area contributed by atoms with Gasteiger partial charge < -0.3 is 0 Å². The summed E-state index contributed by atoms with van der Waals surface area (Å²) in [7, 11) is 0. The Hall–Kier alpha value is -6.38. The van der Waals surface area contributed by atoms with Crippen molar-refractivity contribution < 1.29 is 0 Å². The second-order valence-corrected chi connectivity index (χ2v) is 16.0. The zero-order valence-corrected chi connectivity index (χ0v) is 33.1. The fourth-order valence-corrected chi connectivity index (χ4v) is 9.45. The van der Waals surface area contributed by atoms with E-state index in [0.29, 0.717) is 0 Å². The van der Waals surface area contributed by atoms with Gasteiger partial charge in [-0.15, -0.1) is 0 Å². The van der Waals surface area contributed by atoms with E-state index in [2.05, 4.69) is 211 Å². The second-order valence-electron chi connectivity index (χ2n) is 16.0. The third-order valence-electron chi connectivity index (χ3n) is 12.2. The van der Waals surface area contributed by atoms with Gasteiger partial charge in [-0.3, -0.25) is 9.97 Å². The second kappa shape index (κ2) is 13.7. The van der Waals surface area contributed by atoms with E-state index in [0.717, 1.165) is 33.9 Å². The number of hydrogen-bond acceptors (Lipinski definition) is 2. The molecule has 0 bridgehead atoms. The third kappa shape index (κ3) is 5.63. The van der Waals surface area contributed by atoms with Crippen LogP contribution in [0.1, 0.15) is 69.7 Å². The fourth-order valence-electron chi connectivity index (χ4n) is 9.45. The van der Waals surface area contributed by atoms with Gasteiger partial charge >= 0.3 is 0 Å². The van der Waals surface area contributed by atoms with Gasteiger partial charge in [0.15, 0.2) is 0 Å². The Bertz CT molecular complexity index is 2520. The van der Waals surface area contributed by atoms with E-state index in [1.165, 1.54) is 66.8 Å². The molecular formula is C54H46N2. The first-order chi connectivity index (χ1) is 27.2. The Kier molecular flexibility index (Phi) is 8.66. The lowest BCUT2D eigenvalue weighted by Gasteiger charge is -2.46. The molecule has 9 rings (SSSR count). The number of benzene rings is 6. The van der Waals surface area contributed by atoms with E-state index in [1.807, 2.05) is 0 Å². The van der Waals surface area contributed by atoms with Crippen LogP contribution < -0.4 is 0 Å². The van der Waals surface area contributed by atoms with Gasteiger partial charge in [0, 0.05) is 16.5 Å². The molecule has 0 radical (unpaired) electrons. The first-order valence-electron chi connectivity index (χ1n) is 19.7. The highest BCUT2D eigenvalue weighted by Gasteiger charge is 2.50. The van der Waals surface area contributed by atoms with E-state index in [1.54, 1.807) is 0 Å². The van der Waals surface area contributed by atoms with E-state index in [9.17, 15) is 0 Å². The van der Waals surface area contributed by atoms with Gasteiger partial charge in [-0.05, 0) is 119 Å². The van der Waals surface area contributed by atoms with Crippen molar-refractivity contribution >= 4 is 0 Å². The normalized spacial score (nSPS) is 13.8. The number of pyridine rings is 2. The molecule has 0 unspecified atom stereocenters. The van der Waals surface area contributed by atoms with Gasteiger partial charge in [0.25, 0.3) is 0 Å². The number of nitrogens with zero attached hydrogens (tertiary/aromatic N) is 2. The molecule has 2 heterocycles. The van der Waals surface area contributed by atoms with Crippen LogP contribution in [0, 0.1) is 27.7 Å². The Morgan fingerprint density at radius 2 is 0.643 bits per heavy atom. The summed E-state index contributed by atoms with van der Waals surface area (Å²) >= 11 is 0. The first-order valence-corrected chi connectivity index (χ1v) is 19.7. The molecule has 0 spiro atoms. The van der Waals surface area contributed by atoms with Crippen LogP contribution in [0.5, 0.6) is 0 Å². The molecule has 2 aromatic heterocycles. The minimum atomic E-state index is -0.773. The van der Waals surface area contributed by atoms with Crippen molar-refractivity contribution in [2.75, 3.05) is 0 Å². The molecule has 6 aromatic carbocycles. The Morgan fingerprint density at radius 1 is 0.321 bits per heavy atom. The number of aryl methyl sites for hydroxylation is 4. The van der Waals surface area contributed by atoms with Crippen molar-refractivity contribution in [3.63, 3.8) is 0 Å². The summed E-state index contributed by atoms with van der Waals surface area (Å²) in [6.45, 7) is 13.4. The van der Waals surface area contributed by atoms with Crippen molar-refractivity contribution in [3.8, 4) is 44.8 Å². The predicted molar refractivity (Wildman–Crippen MR) is 233 cm³/mol. The van der Waals surface area contributed by atoms with Crippen LogP contribution >= 0.6 is 0 Å². The molecule has 0 atom stereocenters. The van der Waals surface area contributed by atoms with Gasteiger partial charge in [0.1, 0.15) is 5.41 Å². The average Bonchev–Trinajstić information content (AvgIpc) is 3.22. The zero-order valence-electron chi connectivity index (χ0n) is 33.1. The van der Waals surface area contributed by atoms with Crippen molar-refractivity contribution in [3.05, 3.63) is 226 Å². The maximum absolute atomic E-state index is 5.62. The molecule has 0 amide bonds. The van der Waals surface area contributed by atoms with Crippen LogP contribution in [0.2, 0.25) is 0 Å². The lowest BCUT2D eigenvalue weighted by atomic mass is 9.56. The molecule has 1 aliphatic rings. The van der Waals surface area contributed by atoms with Crippen LogP contribution in [0.3, 0.4) is 0 Å².